The van der Waals surface area contributed by atoms with Crippen molar-refractivity contribution in [1.82, 2.24) is 4.98 Å². The number of hydrogen-bond acceptors (Lipinski definition) is 1. The third-order valence-corrected chi connectivity index (χ3v) is 2.08. The minimum atomic E-state index is -0.783. The minimum Gasteiger partial charge on any atom is -0.359 e. The zero-order valence-corrected chi connectivity index (χ0v) is 7.23. The molecule has 0 spiro atoms. The molecule has 1 aromatic heterocycles. The lowest BCUT2D eigenvalue weighted by Crippen LogP contribution is -1.94. The summed E-state index contributed by atoms with van der Waals surface area (Å²) < 4.78 is 13.4. The highest BCUT2D eigenvalue weighted by atomic mass is 35.5. The van der Waals surface area contributed by atoms with Crippen LogP contribution in [-0.4, -0.2) is 10.2 Å². The van der Waals surface area contributed by atoms with Crippen molar-refractivity contribution in [3.05, 3.63) is 35.8 Å². The summed E-state index contributed by atoms with van der Waals surface area (Å²) in [5.74, 6) is -0.595. The molecule has 2 rings (SSSR count). The summed E-state index contributed by atoms with van der Waals surface area (Å²) in [4.78, 5) is 13.4. The van der Waals surface area contributed by atoms with Gasteiger partial charge in [-0.3, -0.25) is 4.79 Å². The number of nitrogens with one attached hydrogen (secondary N) is 1. The van der Waals surface area contributed by atoms with Crippen molar-refractivity contribution < 1.29 is 9.18 Å². The Morgan fingerprint density at radius 3 is 2.85 bits per heavy atom. The first kappa shape index (κ1) is 8.26. The van der Waals surface area contributed by atoms with Gasteiger partial charge in [0.05, 0.1) is 11.1 Å². The zero-order chi connectivity index (χ0) is 9.42. The lowest BCUT2D eigenvalue weighted by molar-refractivity contribution is 0.107. The first-order valence-corrected chi connectivity index (χ1v) is 4.03. The van der Waals surface area contributed by atoms with E-state index in [0.29, 0.717) is 5.52 Å². The van der Waals surface area contributed by atoms with E-state index in [1.807, 2.05) is 0 Å². The quantitative estimate of drug-likeness (QED) is 0.701. The van der Waals surface area contributed by atoms with Gasteiger partial charge in [0.1, 0.15) is 0 Å². The van der Waals surface area contributed by atoms with Gasteiger partial charge >= 0.3 is 0 Å². The van der Waals surface area contributed by atoms with Crippen LogP contribution in [0.15, 0.2) is 24.4 Å². The second-order valence-corrected chi connectivity index (χ2v) is 2.99. The highest BCUT2D eigenvalue weighted by molar-refractivity contribution is 6.67. The van der Waals surface area contributed by atoms with Crippen molar-refractivity contribution >= 4 is 27.7 Å². The number of halogens is 2. The number of fused-ring (bicyclic) bond motifs is 1. The van der Waals surface area contributed by atoms with Gasteiger partial charge in [-0.2, -0.15) is 0 Å². The maximum atomic E-state index is 13.4. The Morgan fingerprint density at radius 2 is 2.15 bits per heavy atom. The van der Waals surface area contributed by atoms with Crippen LogP contribution in [0.2, 0.25) is 0 Å². The monoisotopic (exact) mass is 197 g/mol. The minimum absolute atomic E-state index is 0.100. The van der Waals surface area contributed by atoms with E-state index in [0.717, 1.165) is 5.39 Å². The Hall–Kier alpha value is -1.35. The maximum Gasteiger partial charge on any atom is 0.255 e. The Bertz CT molecular complexity index is 477. The molecule has 66 valence electrons. The standard InChI is InChI=1S/C9H5ClFNO/c10-9(13)6-2-1-5-3-4-12-8(5)7(6)11/h1-4,12H. The van der Waals surface area contributed by atoms with E-state index in [9.17, 15) is 9.18 Å². The molecule has 0 unspecified atom stereocenters. The van der Waals surface area contributed by atoms with E-state index in [2.05, 4.69) is 4.98 Å². The molecule has 0 aliphatic rings. The largest absolute Gasteiger partial charge is 0.359 e. The first-order valence-electron chi connectivity index (χ1n) is 3.65. The van der Waals surface area contributed by atoms with E-state index >= 15 is 0 Å². The number of aromatic nitrogens is 1. The molecule has 0 fully saturated rings. The van der Waals surface area contributed by atoms with Crippen LogP contribution in [0.5, 0.6) is 0 Å². The molecule has 1 aromatic carbocycles. The lowest BCUT2D eigenvalue weighted by atomic mass is 10.1. The van der Waals surface area contributed by atoms with Crippen molar-refractivity contribution in [3.8, 4) is 0 Å². The van der Waals surface area contributed by atoms with Gasteiger partial charge in [0, 0.05) is 11.6 Å². The van der Waals surface area contributed by atoms with Crippen LogP contribution in [-0.2, 0) is 0 Å². The fraction of sp³-hybridized carbons (Fsp3) is 0. The molecule has 4 heteroatoms. The van der Waals surface area contributed by atoms with Crippen molar-refractivity contribution in [1.29, 1.82) is 0 Å². The fourth-order valence-electron chi connectivity index (χ4n) is 1.24. The molecule has 0 bridgehead atoms. The van der Waals surface area contributed by atoms with Crippen molar-refractivity contribution in [3.63, 3.8) is 0 Å². The average molecular weight is 198 g/mol. The van der Waals surface area contributed by atoms with Crippen molar-refractivity contribution in [2.24, 2.45) is 0 Å². The van der Waals surface area contributed by atoms with E-state index < -0.39 is 11.1 Å². The SMILES string of the molecule is O=C(Cl)c1ccc2cc[nH]c2c1F. The molecule has 0 aliphatic carbocycles. The summed E-state index contributed by atoms with van der Waals surface area (Å²) >= 11 is 5.18. The van der Waals surface area contributed by atoms with Gasteiger partial charge in [0.2, 0.25) is 0 Å². The fourth-order valence-corrected chi connectivity index (χ4v) is 1.39. The van der Waals surface area contributed by atoms with Crippen LogP contribution in [0.1, 0.15) is 10.4 Å². The molecule has 0 amide bonds. The number of benzene rings is 1. The molecule has 0 atom stereocenters. The molecule has 0 saturated carbocycles. The summed E-state index contributed by atoms with van der Waals surface area (Å²) in [5, 5.41) is -0.0619. The average Bonchev–Trinajstić information content (AvgIpc) is 2.52. The predicted molar refractivity (Wildman–Crippen MR) is 48.4 cm³/mol. The lowest BCUT2D eigenvalue weighted by Gasteiger charge is -1.97. The van der Waals surface area contributed by atoms with Crippen LogP contribution in [0.25, 0.3) is 10.9 Å². The van der Waals surface area contributed by atoms with Crippen LogP contribution < -0.4 is 0 Å². The summed E-state index contributed by atoms with van der Waals surface area (Å²) in [7, 11) is 0. The molecule has 0 aliphatic heterocycles. The predicted octanol–water partition coefficient (Wildman–Crippen LogP) is 2.69. The van der Waals surface area contributed by atoms with Crippen LogP contribution in [0.3, 0.4) is 0 Å². The third kappa shape index (κ3) is 1.21. The van der Waals surface area contributed by atoms with Gasteiger partial charge in [-0.25, -0.2) is 4.39 Å². The molecule has 13 heavy (non-hydrogen) atoms. The number of rotatable bonds is 1. The van der Waals surface area contributed by atoms with E-state index in [1.165, 1.54) is 6.07 Å². The van der Waals surface area contributed by atoms with Gasteiger partial charge in [-0.15, -0.1) is 0 Å². The molecule has 0 saturated heterocycles. The van der Waals surface area contributed by atoms with Crippen LogP contribution in [0.4, 0.5) is 4.39 Å². The third-order valence-electron chi connectivity index (χ3n) is 1.88. The Morgan fingerprint density at radius 1 is 1.38 bits per heavy atom. The highest BCUT2D eigenvalue weighted by Gasteiger charge is 2.12. The van der Waals surface area contributed by atoms with E-state index in [4.69, 9.17) is 11.6 Å². The van der Waals surface area contributed by atoms with Gasteiger partial charge < -0.3 is 4.98 Å². The smallest absolute Gasteiger partial charge is 0.255 e. The number of hydrogen-bond donors (Lipinski definition) is 1. The van der Waals surface area contributed by atoms with Crippen molar-refractivity contribution in [2.75, 3.05) is 0 Å². The zero-order valence-electron chi connectivity index (χ0n) is 6.47. The molecule has 0 radical (unpaired) electrons. The van der Waals surface area contributed by atoms with Crippen LogP contribution >= 0.6 is 11.6 Å². The number of H-pyrrole nitrogens is 1. The number of carbonyl (C=O) groups is 1. The summed E-state index contributed by atoms with van der Waals surface area (Å²) in [6.45, 7) is 0. The molecular weight excluding hydrogens is 193 g/mol. The molecule has 1 heterocycles. The van der Waals surface area contributed by atoms with Crippen molar-refractivity contribution in [2.45, 2.75) is 0 Å². The number of carbonyl (C=O) groups excluding carboxylic acids is 1. The molecular formula is C9H5ClFNO. The van der Waals surface area contributed by atoms with E-state index in [-0.39, 0.29) is 5.56 Å². The summed E-state index contributed by atoms with van der Waals surface area (Å²) in [5.41, 5.74) is 0.211. The second-order valence-electron chi connectivity index (χ2n) is 2.64. The van der Waals surface area contributed by atoms with Gasteiger partial charge in [-0.05, 0) is 23.7 Å². The Kier molecular flexibility index (Phi) is 1.81. The normalized spacial score (nSPS) is 10.6. The van der Waals surface area contributed by atoms with Gasteiger partial charge in [0.15, 0.2) is 5.82 Å². The summed E-state index contributed by atoms with van der Waals surface area (Å²) in [6, 6.07) is 4.74. The Labute approximate surface area is 78.3 Å². The first-order chi connectivity index (χ1) is 6.20. The highest BCUT2D eigenvalue weighted by Crippen LogP contribution is 2.20. The molecule has 2 nitrogen and oxygen atoms in total. The van der Waals surface area contributed by atoms with Crippen LogP contribution in [0, 0.1) is 5.82 Å². The number of aromatic amines is 1. The maximum absolute atomic E-state index is 13.4. The van der Waals surface area contributed by atoms with E-state index in [1.54, 1.807) is 18.3 Å². The Balaban J connectivity index is 2.80. The second kappa shape index (κ2) is 2.85. The van der Waals surface area contributed by atoms with Gasteiger partial charge in [-0.1, -0.05) is 6.07 Å². The summed E-state index contributed by atoms with van der Waals surface area (Å²) in [6.07, 6.45) is 1.61. The topological polar surface area (TPSA) is 32.9 Å². The molecule has 2 aromatic rings. The molecule has 1 N–H and O–H groups in total. The van der Waals surface area contributed by atoms with Gasteiger partial charge in [0.25, 0.3) is 5.24 Å².